The highest BCUT2D eigenvalue weighted by molar-refractivity contribution is 9.10. The number of aromatic amines is 1. The number of nitrogens with zero attached hydrogens (tertiary/aromatic N) is 1. The first-order valence-electron chi connectivity index (χ1n) is 6.26. The molecular formula is C16H10BrClN2O. The van der Waals surface area contributed by atoms with Crippen molar-refractivity contribution in [1.29, 1.82) is 0 Å². The Morgan fingerprint density at radius 3 is 2.62 bits per heavy atom. The van der Waals surface area contributed by atoms with Gasteiger partial charge in [-0.15, -0.1) is 0 Å². The smallest absolute Gasteiger partial charge is 0.259 e. The second kappa shape index (κ2) is 5.84. The van der Waals surface area contributed by atoms with Crippen LogP contribution >= 0.6 is 27.5 Å². The summed E-state index contributed by atoms with van der Waals surface area (Å²) in [6, 6.07) is 14.9. The summed E-state index contributed by atoms with van der Waals surface area (Å²) in [6.45, 7) is 0. The van der Waals surface area contributed by atoms with Crippen LogP contribution in [-0.4, -0.2) is 9.97 Å². The molecule has 0 spiro atoms. The Hall–Kier alpha value is -1.91. The van der Waals surface area contributed by atoms with Gasteiger partial charge in [0.05, 0.1) is 15.9 Å². The molecule has 0 fully saturated rings. The van der Waals surface area contributed by atoms with Gasteiger partial charge >= 0.3 is 0 Å². The summed E-state index contributed by atoms with van der Waals surface area (Å²) in [4.78, 5) is 19.1. The molecule has 3 rings (SSSR count). The van der Waals surface area contributed by atoms with E-state index in [1.54, 1.807) is 24.3 Å². The molecule has 1 N–H and O–H groups in total. The largest absolute Gasteiger partial charge is 0.305 e. The minimum absolute atomic E-state index is 0.196. The molecule has 0 aliphatic rings. The average Bonchev–Trinajstić information content (AvgIpc) is 2.49. The fourth-order valence-corrected chi connectivity index (χ4v) is 2.45. The number of H-pyrrole nitrogens is 1. The number of fused-ring (bicyclic) bond motifs is 1. The molecule has 0 aliphatic heterocycles. The SMILES string of the molecule is O=c1[nH]c(/C(Cl)=C/c2ccc(Br)cc2)nc2ccccc12. The maximum Gasteiger partial charge on any atom is 0.259 e. The molecule has 2 aromatic carbocycles. The topological polar surface area (TPSA) is 45.8 Å². The minimum Gasteiger partial charge on any atom is -0.305 e. The quantitative estimate of drug-likeness (QED) is 0.734. The van der Waals surface area contributed by atoms with Crippen LogP contribution in [0.1, 0.15) is 11.4 Å². The third kappa shape index (κ3) is 3.06. The van der Waals surface area contributed by atoms with E-state index in [-0.39, 0.29) is 5.56 Å². The maximum absolute atomic E-state index is 12.0. The van der Waals surface area contributed by atoms with E-state index < -0.39 is 0 Å². The van der Waals surface area contributed by atoms with E-state index in [0.29, 0.717) is 21.8 Å². The van der Waals surface area contributed by atoms with E-state index in [4.69, 9.17) is 11.6 Å². The van der Waals surface area contributed by atoms with Gasteiger partial charge in [0.15, 0.2) is 5.82 Å². The zero-order chi connectivity index (χ0) is 14.8. The van der Waals surface area contributed by atoms with Gasteiger partial charge < -0.3 is 4.98 Å². The van der Waals surface area contributed by atoms with Crippen LogP contribution in [0.4, 0.5) is 0 Å². The predicted molar refractivity (Wildman–Crippen MR) is 90.2 cm³/mol. The van der Waals surface area contributed by atoms with Crippen LogP contribution in [0.3, 0.4) is 0 Å². The molecule has 0 unspecified atom stereocenters. The molecule has 0 bridgehead atoms. The lowest BCUT2D eigenvalue weighted by Crippen LogP contribution is -2.10. The number of halogens is 2. The molecular weight excluding hydrogens is 352 g/mol. The molecule has 0 radical (unpaired) electrons. The van der Waals surface area contributed by atoms with Gasteiger partial charge in [0.25, 0.3) is 5.56 Å². The van der Waals surface area contributed by atoms with Crippen molar-refractivity contribution in [3.63, 3.8) is 0 Å². The van der Waals surface area contributed by atoms with Gasteiger partial charge in [-0.05, 0) is 35.9 Å². The Morgan fingerprint density at radius 1 is 1.14 bits per heavy atom. The number of nitrogens with one attached hydrogen (secondary N) is 1. The van der Waals surface area contributed by atoms with Crippen molar-refractivity contribution in [2.75, 3.05) is 0 Å². The Kier molecular flexibility index (Phi) is 3.90. The summed E-state index contributed by atoms with van der Waals surface area (Å²) in [7, 11) is 0. The molecule has 21 heavy (non-hydrogen) atoms. The lowest BCUT2D eigenvalue weighted by molar-refractivity contribution is 1.14. The molecule has 1 aromatic heterocycles. The predicted octanol–water partition coefficient (Wildman–Crippen LogP) is 4.42. The first kappa shape index (κ1) is 14.0. The van der Waals surface area contributed by atoms with Crippen molar-refractivity contribution < 1.29 is 0 Å². The van der Waals surface area contributed by atoms with Crippen LogP contribution < -0.4 is 5.56 Å². The fourth-order valence-electron chi connectivity index (χ4n) is 1.97. The third-order valence-corrected chi connectivity index (χ3v) is 3.82. The van der Waals surface area contributed by atoms with E-state index in [1.165, 1.54) is 0 Å². The Balaban J connectivity index is 2.07. The molecule has 3 nitrogen and oxygen atoms in total. The minimum atomic E-state index is -0.196. The van der Waals surface area contributed by atoms with Crippen molar-refractivity contribution in [3.05, 3.63) is 74.7 Å². The number of benzene rings is 2. The van der Waals surface area contributed by atoms with Crippen LogP contribution in [0.25, 0.3) is 22.0 Å². The van der Waals surface area contributed by atoms with Gasteiger partial charge in [0, 0.05) is 4.47 Å². The molecule has 0 saturated heterocycles. The van der Waals surface area contributed by atoms with E-state index in [9.17, 15) is 4.79 Å². The summed E-state index contributed by atoms with van der Waals surface area (Å²) < 4.78 is 0.994. The van der Waals surface area contributed by atoms with Crippen LogP contribution in [-0.2, 0) is 0 Å². The van der Waals surface area contributed by atoms with Crippen molar-refractivity contribution in [1.82, 2.24) is 9.97 Å². The summed E-state index contributed by atoms with van der Waals surface area (Å²) in [6.07, 6.45) is 1.76. The highest BCUT2D eigenvalue weighted by Crippen LogP contribution is 2.20. The van der Waals surface area contributed by atoms with Crippen molar-refractivity contribution >= 4 is 49.5 Å². The van der Waals surface area contributed by atoms with E-state index in [0.717, 1.165) is 10.0 Å². The molecule has 0 aliphatic carbocycles. The number of para-hydroxylation sites is 1. The summed E-state index contributed by atoms with van der Waals surface area (Å²) in [5, 5.41) is 0.939. The first-order chi connectivity index (χ1) is 10.1. The standard InChI is InChI=1S/C16H10BrClN2O/c17-11-7-5-10(6-8-11)9-13(18)15-19-14-4-2-1-3-12(14)16(21)20-15/h1-9H,(H,19,20,21)/b13-9-. The van der Waals surface area contributed by atoms with Crippen LogP contribution in [0.2, 0.25) is 0 Å². The summed E-state index contributed by atoms with van der Waals surface area (Å²) in [5.41, 5.74) is 1.36. The maximum atomic E-state index is 12.0. The zero-order valence-electron chi connectivity index (χ0n) is 10.8. The normalized spacial score (nSPS) is 11.8. The Morgan fingerprint density at radius 2 is 1.86 bits per heavy atom. The lowest BCUT2D eigenvalue weighted by atomic mass is 10.2. The van der Waals surface area contributed by atoms with Gasteiger partial charge in [-0.3, -0.25) is 4.79 Å². The zero-order valence-corrected chi connectivity index (χ0v) is 13.1. The number of hydrogen-bond acceptors (Lipinski definition) is 2. The van der Waals surface area contributed by atoms with Crippen LogP contribution in [0.15, 0.2) is 57.8 Å². The molecule has 0 saturated carbocycles. The molecule has 5 heteroatoms. The van der Waals surface area contributed by atoms with Gasteiger partial charge in [-0.1, -0.05) is 51.8 Å². The van der Waals surface area contributed by atoms with Crippen molar-refractivity contribution in [3.8, 4) is 0 Å². The highest BCUT2D eigenvalue weighted by atomic mass is 79.9. The van der Waals surface area contributed by atoms with E-state index in [2.05, 4.69) is 25.9 Å². The van der Waals surface area contributed by atoms with Gasteiger partial charge in [-0.25, -0.2) is 4.98 Å². The second-order valence-electron chi connectivity index (χ2n) is 4.48. The van der Waals surface area contributed by atoms with Crippen LogP contribution in [0, 0.1) is 0 Å². The van der Waals surface area contributed by atoms with Gasteiger partial charge in [0.1, 0.15) is 0 Å². The average molecular weight is 362 g/mol. The van der Waals surface area contributed by atoms with Crippen molar-refractivity contribution in [2.45, 2.75) is 0 Å². The number of rotatable bonds is 2. The van der Waals surface area contributed by atoms with E-state index in [1.807, 2.05) is 30.3 Å². The van der Waals surface area contributed by atoms with Gasteiger partial charge in [0.2, 0.25) is 0 Å². The molecule has 0 amide bonds. The molecule has 104 valence electrons. The van der Waals surface area contributed by atoms with Crippen molar-refractivity contribution in [2.24, 2.45) is 0 Å². The first-order valence-corrected chi connectivity index (χ1v) is 7.43. The Bertz CT molecular complexity index is 885. The molecule has 3 aromatic rings. The Labute approximate surface area is 134 Å². The third-order valence-electron chi connectivity index (χ3n) is 3.00. The lowest BCUT2D eigenvalue weighted by Gasteiger charge is -2.02. The molecule has 0 atom stereocenters. The molecule has 1 heterocycles. The summed E-state index contributed by atoms with van der Waals surface area (Å²) in [5.74, 6) is 0.364. The van der Waals surface area contributed by atoms with E-state index >= 15 is 0 Å². The summed E-state index contributed by atoms with van der Waals surface area (Å²) >= 11 is 9.65. The number of aromatic nitrogens is 2. The highest BCUT2D eigenvalue weighted by Gasteiger charge is 2.06. The monoisotopic (exact) mass is 360 g/mol. The van der Waals surface area contributed by atoms with Gasteiger partial charge in [-0.2, -0.15) is 0 Å². The number of hydrogen-bond donors (Lipinski definition) is 1. The van der Waals surface area contributed by atoms with Crippen LogP contribution in [0.5, 0.6) is 0 Å². The fraction of sp³-hybridized carbons (Fsp3) is 0. The second-order valence-corrected chi connectivity index (χ2v) is 5.80.